The van der Waals surface area contributed by atoms with Crippen LogP contribution in [0.15, 0.2) is 18.3 Å². The summed E-state index contributed by atoms with van der Waals surface area (Å²) in [7, 11) is 0. The van der Waals surface area contributed by atoms with Crippen molar-refractivity contribution in [2.24, 2.45) is 0 Å². The van der Waals surface area contributed by atoms with E-state index in [0.29, 0.717) is 11.4 Å². The van der Waals surface area contributed by atoms with Gasteiger partial charge in [0, 0.05) is 12.3 Å². The molecule has 0 fully saturated rings. The molecule has 1 aromatic heterocycles. The van der Waals surface area contributed by atoms with Crippen LogP contribution in [0, 0.1) is 11.3 Å². The molecule has 0 radical (unpaired) electrons. The zero-order valence-electron chi connectivity index (χ0n) is 7.33. The molecule has 1 N–H and O–H groups in total. The van der Waals surface area contributed by atoms with Gasteiger partial charge in [-0.15, -0.1) is 11.6 Å². The Hall–Kier alpha value is -1.60. The fourth-order valence-electron chi connectivity index (χ4n) is 0.843. The molecule has 14 heavy (non-hydrogen) atoms. The van der Waals surface area contributed by atoms with Crippen molar-refractivity contribution in [2.75, 3.05) is 11.2 Å². The lowest BCUT2D eigenvalue weighted by atomic mass is 10.3. The summed E-state index contributed by atoms with van der Waals surface area (Å²) in [5.41, 5.74) is 0.888. The molecule has 0 aliphatic carbocycles. The Morgan fingerprint density at radius 2 is 2.43 bits per heavy atom. The van der Waals surface area contributed by atoms with Gasteiger partial charge in [0.1, 0.15) is 11.8 Å². The minimum absolute atomic E-state index is 0.161. The summed E-state index contributed by atoms with van der Waals surface area (Å²) in [6, 6.07) is 5.05. The van der Waals surface area contributed by atoms with E-state index in [-0.39, 0.29) is 18.2 Å². The van der Waals surface area contributed by atoms with Gasteiger partial charge in [-0.2, -0.15) is 5.26 Å². The van der Waals surface area contributed by atoms with Crippen LogP contribution in [0.1, 0.15) is 12.1 Å². The van der Waals surface area contributed by atoms with Crippen molar-refractivity contribution in [3.05, 3.63) is 24.0 Å². The summed E-state index contributed by atoms with van der Waals surface area (Å²) in [6.45, 7) is 0. The zero-order valence-corrected chi connectivity index (χ0v) is 8.08. The average Bonchev–Trinajstić information content (AvgIpc) is 2.19. The largest absolute Gasteiger partial charge is 0.325 e. The van der Waals surface area contributed by atoms with Crippen molar-refractivity contribution in [3.63, 3.8) is 0 Å². The number of anilines is 1. The van der Waals surface area contributed by atoms with Crippen molar-refractivity contribution in [1.82, 2.24) is 4.98 Å². The van der Waals surface area contributed by atoms with Crippen LogP contribution in [0.4, 0.5) is 5.69 Å². The number of pyridine rings is 1. The maximum Gasteiger partial charge on any atom is 0.225 e. The summed E-state index contributed by atoms with van der Waals surface area (Å²) in [5.74, 6) is 0.127. The number of aromatic nitrogens is 1. The number of amides is 1. The Kier molecular flexibility index (Phi) is 3.89. The summed E-state index contributed by atoms with van der Waals surface area (Å²) >= 11 is 5.39. The minimum atomic E-state index is -0.161. The zero-order chi connectivity index (χ0) is 10.4. The third-order valence-electron chi connectivity index (χ3n) is 1.48. The first kappa shape index (κ1) is 10.5. The molecule has 72 valence electrons. The first-order chi connectivity index (χ1) is 6.76. The average molecular weight is 210 g/mol. The molecule has 0 aromatic carbocycles. The molecule has 5 heteroatoms. The third-order valence-corrected chi connectivity index (χ3v) is 1.67. The van der Waals surface area contributed by atoms with Gasteiger partial charge in [-0.1, -0.05) is 0 Å². The fraction of sp³-hybridized carbons (Fsp3) is 0.222. The van der Waals surface area contributed by atoms with Crippen molar-refractivity contribution in [2.45, 2.75) is 6.42 Å². The van der Waals surface area contributed by atoms with E-state index in [2.05, 4.69) is 10.3 Å². The molecule has 0 bridgehead atoms. The molecule has 0 spiro atoms. The number of halogens is 1. The fourth-order valence-corrected chi connectivity index (χ4v) is 1.01. The van der Waals surface area contributed by atoms with Crippen molar-refractivity contribution in [1.29, 1.82) is 5.26 Å². The second-order valence-electron chi connectivity index (χ2n) is 2.53. The van der Waals surface area contributed by atoms with Gasteiger partial charge in [-0.05, 0) is 12.1 Å². The lowest BCUT2D eigenvalue weighted by Gasteiger charge is -2.02. The molecule has 0 atom stereocenters. The van der Waals surface area contributed by atoms with E-state index in [0.717, 1.165) is 0 Å². The van der Waals surface area contributed by atoms with Crippen LogP contribution in [0.2, 0.25) is 0 Å². The van der Waals surface area contributed by atoms with Gasteiger partial charge < -0.3 is 5.32 Å². The first-order valence-corrected chi connectivity index (χ1v) is 4.51. The predicted molar refractivity (Wildman–Crippen MR) is 52.9 cm³/mol. The molecule has 1 heterocycles. The first-order valence-electron chi connectivity index (χ1n) is 3.98. The van der Waals surface area contributed by atoms with Crippen molar-refractivity contribution >= 4 is 23.2 Å². The number of rotatable bonds is 3. The van der Waals surface area contributed by atoms with Crippen molar-refractivity contribution in [3.8, 4) is 6.07 Å². The lowest BCUT2D eigenvalue weighted by molar-refractivity contribution is -0.115. The Bertz CT molecular complexity index is 355. The minimum Gasteiger partial charge on any atom is -0.325 e. The Morgan fingerprint density at radius 3 is 2.93 bits per heavy atom. The number of nitrogens with one attached hydrogen (secondary N) is 1. The van der Waals surface area contributed by atoms with Crippen molar-refractivity contribution < 1.29 is 4.79 Å². The van der Waals surface area contributed by atoms with E-state index in [1.165, 1.54) is 12.3 Å². The summed E-state index contributed by atoms with van der Waals surface area (Å²) in [5, 5.41) is 11.1. The topological polar surface area (TPSA) is 65.8 Å². The van der Waals surface area contributed by atoms with Crippen LogP contribution in [0.3, 0.4) is 0 Å². The highest BCUT2D eigenvalue weighted by atomic mass is 35.5. The van der Waals surface area contributed by atoms with Crippen LogP contribution in [0.25, 0.3) is 0 Å². The third kappa shape index (κ3) is 3.04. The predicted octanol–water partition coefficient (Wildman–Crippen LogP) is 1.52. The normalized spacial score (nSPS) is 9.14. The molecule has 0 aliphatic rings. The molecule has 0 saturated carbocycles. The van der Waals surface area contributed by atoms with Gasteiger partial charge in [0.05, 0.1) is 11.9 Å². The van der Waals surface area contributed by atoms with Crippen LogP contribution >= 0.6 is 11.6 Å². The summed E-state index contributed by atoms with van der Waals surface area (Å²) in [4.78, 5) is 14.9. The highest BCUT2D eigenvalue weighted by molar-refractivity contribution is 6.19. The molecule has 0 aliphatic heterocycles. The van der Waals surface area contributed by atoms with Crippen LogP contribution < -0.4 is 5.32 Å². The standard InChI is InChI=1S/C9H8ClN3O/c10-4-3-9(14)13-8-2-1-7(5-11)12-6-8/h1-2,6H,3-4H2,(H,13,14). The maximum atomic E-state index is 11.1. The SMILES string of the molecule is N#Cc1ccc(NC(=O)CCCl)cn1. The number of carbonyl (C=O) groups excluding carboxylic acids is 1. The number of hydrogen-bond acceptors (Lipinski definition) is 3. The van der Waals surface area contributed by atoms with E-state index < -0.39 is 0 Å². The molecular weight excluding hydrogens is 202 g/mol. The van der Waals surface area contributed by atoms with Crippen LogP contribution in [0.5, 0.6) is 0 Å². The van der Waals surface area contributed by atoms with Gasteiger partial charge in [-0.25, -0.2) is 4.98 Å². The maximum absolute atomic E-state index is 11.1. The molecule has 1 aromatic rings. The van der Waals surface area contributed by atoms with Gasteiger partial charge in [0.15, 0.2) is 0 Å². The number of hydrogen-bond donors (Lipinski definition) is 1. The number of nitrogens with zero attached hydrogens (tertiary/aromatic N) is 2. The second-order valence-corrected chi connectivity index (χ2v) is 2.91. The van der Waals surface area contributed by atoms with E-state index >= 15 is 0 Å². The Morgan fingerprint density at radius 1 is 1.64 bits per heavy atom. The van der Waals surface area contributed by atoms with Crippen LogP contribution in [-0.2, 0) is 4.79 Å². The Labute approximate surface area is 86.5 Å². The summed E-state index contributed by atoms with van der Waals surface area (Å²) < 4.78 is 0. The van der Waals surface area contributed by atoms with E-state index in [1.807, 2.05) is 6.07 Å². The molecule has 1 amide bonds. The Balaban J connectivity index is 2.61. The molecule has 1 rings (SSSR count). The highest BCUT2D eigenvalue weighted by Gasteiger charge is 2.01. The van der Waals surface area contributed by atoms with Gasteiger partial charge in [0.2, 0.25) is 5.91 Å². The van der Waals surface area contributed by atoms with Gasteiger partial charge in [-0.3, -0.25) is 4.79 Å². The van der Waals surface area contributed by atoms with E-state index in [9.17, 15) is 4.79 Å². The number of carbonyl (C=O) groups is 1. The molecular formula is C9H8ClN3O. The quantitative estimate of drug-likeness (QED) is 0.768. The van der Waals surface area contributed by atoms with Gasteiger partial charge >= 0.3 is 0 Å². The van der Waals surface area contributed by atoms with E-state index in [1.54, 1.807) is 6.07 Å². The monoisotopic (exact) mass is 209 g/mol. The van der Waals surface area contributed by atoms with Crippen LogP contribution in [-0.4, -0.2) is 16.8 Å². The lowest BCUT2D eigenvalue weighted by Crippen LogP contribution is -2.11. The smallest absolute Gasteiger partial charge is 0.225 e. The second kappa shape index (κ2) is 5.20. The number of nitriles is 1. The van der Waals surface area contributed by atoms with E-state index in [4.69, 9.17) is 16.9 Å². The highest BCUT2D eigenvalue weighted by Crippen LogP contribution is 2.05. The summed E-state index contributed by atoms with van der Waals surface area (Å²) in [6.07, 6.45) is 1.70. The molecule has 0 unspecified atom stereocenters. The number of alkyl halides is 1. The molecule has 0 saturated heterocycles. The van der Waals surface area contributed by atoms with Gasteiger partial charge in [0.25, 0.3) is 0 Å². The molecule has 4 nitrogen and oxygen atoms in total.